The Morgan fingerprint density at radius 2 is 0.878 bits per heavy atom. The monoisotopic (exact) mass is 518 g/mol. The first kappa shape index (κ1) is 21.4. The van der Waals surface area contributed by atoms with Crippen molar-refractivity contribution < 1.29 is 4.42 Å². The summed E-state index contributed by atoms with van der Waals surface area (Å²) in [6.45, 7) is 0. The summed E-state index contributed by atoms with van der Waals surface area (Å²) in [6, 6.07) is 48.8. The van der Waals surface area contributed by atoms with E-state index in [0.717, 1.165) is 27.5 Å². The van der Waals surface area contributed by atoms with Crippen LogP contribution in [0, 0.1) is 0 Å². The number of rotatable bonds is 1. The van der Waals surface area contributed by atoms with Crippen LogP contribution >= 0.6 is 0 Å². The van der Waals surface area contributed by atoms with Crippen LogP contribution < -0.4 is 0 Å². The Morgan fingerprint density at radius 3 is 1.59 bits per heavy atom. The van der Waals surface area contributed by atoms with Crippen molar-refractivity contribution in [1.29, 1.82) is 0 Å². The second-order valence-corrected chi connectivity index (χ2v) is 11.2. The Hall–Kier alpha value is -5.40. The van der Waals surface area contributed by atoms with Crippen LogP contribution in [0.4, 0.5) is 0 Å². The van der Waals surface area contributed by atoms with E-state index < -0.39 is 0 Å². The predicted octanol–water partition coefficient (Wildman–Crippen LogP) is 11.6. The van der Waals surface area contributed by atoms with Crippen LogP contribution in [-0.4, -0.2) is 0 Å². The second-order valence-electron chi connectivity index (χ2n) is 11.2. The van der Waals surface area contributed by atoms with Gasteiger partial charge in [0, 0.05) is 16.3 Å². The first-order valence-electron chi connectivity index (χ1n) is 14.2. The highest BCUT2D eigenvalue weighted by Crippen LogP contribution is 2.46. The zero-order valence-corrected chi connectivity index (χ0v) is 22.1. The van der Waals surface area contributed by atoms with Crippen LogP contribution in [-0.2, 0) is 0 Å². The lowest BCUT2D eigenvalue weighted by Crippen LogP contribution is -1.90. The molecule has 188 valence electrons. The van der Waals surface area contributed by atoms with Crippen molar-refractivity contribution in [1.82, 2.24) is 0 Å². The van der Waals surface area contributed by atoms with E-state index in [4.69, 9.17) is 4.42 Å². The molecule has 0 aliphatic rings. The molecule has 0 unspecified atom stereocenters. The summed E-state index contributed by atoms with van der Waals surface area (Å²) in [4.78, 5) is 0. The van der Waals surface area contributed by atoms with Gasteiger partial charge in [0.25, 0.3) is 0 Å². The summed E-state index contributed by atoms with van der Waals surface area (Å²) in [5, 5.41) is 17.9. The summed E-state index contributed by atoms with van der Waals surface area (Å²) in [5.74, 6) is 0. The maximum Gasteiger partial charge on any atom is 0.143 e. The SMILES string of the molecule is c1ccc2cc3c(cc2c1)oc1c(-c2ccc4c(c2)c2cccc5c6ccccc6c6cccc4c6c52)cccc13. The Kier molecular flexibility index (Phi) is 3.98. The largest absolute Gasteiger partial charge is 0.455 e. The Morgan fingerprint density at radius 1 is 0.341 bits per heavy atom. The van der Waals surface area contributed by atoms with Crippen molar-refractivity contribution in [2.45, 2.75) is 0 Å². The molecule has 0 amide bonds. The average molecular weight is 519 g/mol. The highest BCUT2D eigenvalue weighted by Gasteiger charge is 2.18. The Balaban J connectivity index is 1.32. The molecule has 10 aromatic rings. The zero-order valence-electron chi connectivity index (χ0n) is 22.1. The number of para-hydroxylation sites is 1. The molecule has 1 heteroatoms. The quantitative estimate of drug-likeness (QED) is 0.156. The van der Waals surface area contributed by atoms with Crippen molar-refractivity contribution in [3.05, 3.63) is 133 Å². The van der Waals surface area contributed by atoms with Crippen molar-refractivity contribution >= 4 is 86.6 Å². The van der Waals surface area contributed by atoms with E-state index >= 15 is 0 Å². The molecule has 0 saturated carbocycles. The van der Waals surface area contributed by atoms with Crippen molar-refractivity contribution in [2.75, 3.05) is 0 Å². The maximum atomic E-state index is 6.60. The van der Waals surface area contributed by atoms with Crippen molar-refractivity contribution in [2.24, 2.45) is 0 Å². The van der Waals surface area contributed by atoms with Gasteiger partial charge in [0.1, 0.15) is 11.2 Å². The van der Waals surface area contributed by atoms with Gasteiger partial charge in [0.15, 0.2) is 0 Å². The molecular weight excluding hydrogens is 496 g/mol. The number of hydrogen-bond acceptors (Lipinski definition) is 1. The summed E-state index contributed by atoms with van der Waals surface area (Å²) in [7, 11) is 0. The van der Waals surface area contributed by atoms with Crippen molar-refractivity contribution in [3.8, 4) is 11.1 Å². The summed E-state index contributed by atoms with van der Waals surface area (Å²) in [6.07, 6.45) is 0. The minimum absolute atomic E-state index is 0.932. The van der Waals surface area contributed by atoms with Gasteiger partial charge in [-0.3, -0.25) is 0 Å². The molecule has 0 aliphatic heterocycles. The average Bonchev–Trinajstić information content (AvgIpc) is 3.40. The summed E-state index contributed by atoms with van der Waals surface area (Å²) < 4.78 is 6.60. The van der Waals surface area contributed by atoms with E-state index in [2.05, 4.69) is 133 Å². The highest BCUT2D eigenvalue weighted by molar-refractivity contribution is 6.40. The van der Waals surface area contributed by atoms with Crippen LogP contribution in [0.1, 0.15) is 0 Å². The lowest BCUT2D eigenvalue weighted by Gasteiger charge is -2.18. The van der Waals surface area contributed by atoms with Gasteiger partial charge in [0.05, 0.1) is 0 Å². The van der Waals surface area contributed by atoms with E-state index in [9.17, 15) is 0 Å². The molecule has 0 bridgehead atoms. The Labute approximate surface area is 235 Å². The molecular formula is C40H22O. The fraction of sp³-hybridized carbons (Fsp3) is 0. The van der Waals surface area contributed by atoms with Gasteiger partial charge in [-0.2, -0.15) is 0 Å². The van der Waals surface area contributed by atoms with Crippen molar-refractivity contribution in [3.63, 3.8) is 0 Å². The summed E-state index contributed by atoms with van der Waals surface area (Å²) >= 11 is 0. The maximum absolute atomic E-state index is 6.60. The standard InChI is InChI=1S/C40H22O/c1-2-9-24-22-37-36(20-23(24)8-1)34-17-5-12-26(40(34)41-37)25-18-19-29-32-15-6-13-30-27-10-3-4-11-28(27)31-14-7-16-33(35(29)21-25)39(31)38(30)32/h1-22H. The molecule has 1 heterocycles. The molecule has 0 saturated heterocycles. The van der Waals surface area contributed by atoms with E-state index in [1.165, 1.54) is 70.2 Å². The van der Waals surface area contributed by atoms with Gasteiger partial charge in [-0.05, 0) is 88.4 Å². The van der Waals surface area contributed by atoms with Crippen LogP contribution in [0.5, 0.6) is 0 Å². The normalized spacial score (nSPS) is 12.4. The molecule has 0 aliphatic carbocycles. The smallest absolute Gasteiger partial charge is 0.143 e. The Bertz CT molecular complexity index is 2690. The van der Waals surface area contributed by atoms with Gasteiger partial charge in [0.2, 0.25) is 0 Å². The number of fused-ring (bicyclic) bond motifs is 10. The molecule has 0 radical (unpaired) electrons. The molecule has 0 N–H and O–H groups in total. The number of hydrogen-bond donors (Lipinski definition) is 0. The molecule has 1 nitrogen and oxygen atoms in total. The molecule has 0 atom stereocenters. The molecule has 0 fully saturated rings. The minimum Gasteiger partial charge on any atom is -0.455 e. The van der Waals surface area contributed by atoms with Gasteiger partial charge >= 0.3 is 0 Å². The number of furan rings is 1. The first-order chi connectivity index (χ1) is 20.3. The van der Waals surface area contributed by atoms with E-state index in [1.54, 1.807) is 0 Å². The minimum atomic E-state index is 0.932. The summed E-state index contributed by atoms with van der Waals surface area (Å²) in [5.41, 5.74) is 4.17. The van der Waals surface area contributed by atoms with Gasteiger partial charge < -0.3 is 4.42 Å². The lowest BCUT2D eigenvalue weighted by atomic mass is 9.85. The molecule has 1 aromatic heterocycles. The highest BCUT2D eigenvalue weighted by atomic mass is 16.3. The second kappa shape index (κ2) is 7.62. The van der Waals surface area contributed by atoms with E-state index in [-0.39, 0.29) is 0 Å². The fourth-order valence-electron chi connectivity index (χ4n) is 7.37. The zero-order chi connectivity index (χ0) is 26.7. The van der Waals surface area contributed by atoms with E-state index in [0.29, 0.717) is 0 Å². The van der Waals surface area contributed by atoms with Gasteiger partial charge in [-0.15, -0.1) is 0 Å². The molecule has 0 spiro atoms. The molecule has 41 heavy (non-hydrogen) atoms. The van der Waals surface area contributed by atoms with Crippen LogP contribution in [0.15, 0.2) is 138 Å². The van der Waals surface area contributed by atoms with E-state index in [1.807, 2.05) is 0 Å². The van der Waals surface area contributed by atoms with Gasteiger partial charge in [-0.1, -0.05) is 115 Å². The van der Waals surface area contributed by atoms with Crippen LogP contribution in [0.3, 0.4) is 0 Å². The van der Waals surface area contributed by atoms with Crippen LogP contribution in [0.25, 0.3) is 97.7 Å². The third kappa shape index (κ3) is 2.75. The topological polar surface area (TPSA) is 13.1 Å². The van der Waals surface area contributed by atoms with Gasteiger partial charge in [-0.25, -0.2) is 0 Å². The number of benzene rings is 9. The third-order valence-electron chi connectivity index (χ3n) is 9.16. The molecule has 10 rings (SSSR count). The molecule has 9 aromatic carbocycles. The first-order valence-corrected chi connectivity index (χ1v) is 14.2. The third-order valence-corrected chi connectivity index (χ3v) is 9.16. The fourth-order valence-corrected chi connectivity index (χ4v) is 7.37. The predicted molar refractivity (Wildman–Crippen MR) is 175 cm³/mol. The van der Waals surface area contributed by atoms with Crippen LogP contribution in [0.2, 0.25) is 0 Å². The lowest BCUT2D eigenvalue weighted by molar-refractivity contribution is 0.670.